The molecule has 4 N–H and O–H groups in total. The highest BCUT2D eigenvalue weighted by Gasteiger charge is 2.41. The number of rotatable bonds is 9. The van der Waals surface area contributed by atoms with Gasteiger partial charge in [0, 0.05) is 35.8 Å². The molecule has 0 aromatic carbocycles. The van der Waals surface area contributed by atoms with Crippen LogP contribution in [0, 0.1) is 5.82 Å². The lowest BCUT2D eigenvalue weighted by Gasteiger charge is -2.41. The van der Waals surface area contributed by atoms with Gasteiger partial charge in [0.15, 0.2) is 0 Å². The van der Waals surface area contributed by atoms with Gasteiger partial charge in [-0.1, -0.05) is 6.42 Å². The summed E-state index contributed by atoms with van der Waals surface area (Å²) in [6, 6.07) is 6.77. The number of amides is 1. The van der Waals surface area contributed by atoms with Gasteiger partial charge in [-0.3, -0.25) is 9.78 Å². The van der Waals surface area contributed by atoms with Gasteiger partial charge in [-0.15, -0.1) is 21.5 Å². The number of nitrogens with zero attached hydrogens (tertiary/aromatic N) is 4. The molecule has 0 unspecified atom stereocenters. The van der Waals surface area contributed by atoms with E-state index in [0.29, 0.717) is 30.3 Å². The number of carbonyl (C=O) groups excluding carboxylic acids is 1. The Kier molecular flexibility index (Phi) is 5.96. The fraction of sp³-hybridized carbons (Fsp3) is 0.350. The zero-order valence-electron chi connectivity index (χ0n) is 16.3. The Hall–Kier alpha value is -2.98. The van der Waals surface area contributed by atoms with E-state index >= 15 is 0 Å². The van der Waals surface area contributed by atoms with Gasteiger partial charge in [0.1, 0.15) is 22.3 Å². The SMILES string of the molecule is NC(=O)CNCc1cnc(-c2ccc(NCC3(c4ncccc4F)CCC3)nn2)s1. The number of primary amides is 1. The summed E-state index contributed by atoms with van der Waals surface area (Å²) in [5, 5.41) is 15.5. The fourth-order valence-corrected chi connectivity index (χ4v) is 4.34. The standard InChI is InChI=1S/C20H22FN7OS/c21-14-3-1-8-24-18(14)20(6-2-7-20)12-26-17-5-4-15(27-28-17)19-25-10-13(30-19)9-23-11-16(22)29/h1,3-5,8,10,23H,2,6-7,9,11-12H2,(H2,22,29)(H,26,28). The minimum Gasteiger partial charge on any atom is -0.369 e. The molecular weight excluding hydrogens is 405 g/mol. The molecule has 0 atom stereocenters. The number of nitrogens with two attached hydrogens (primary N) is 1. The Balaban J connectivity index is 1.38. The molecule has 1 aliphatic rings. The van der Waals surface area contributed by atoms with Crippen molar-refractivity contribution in [2.75, 3.05) is 18.4 Å². The Morgan fingerprint density at radius 3 is 2.77 bits per heavy atom. The second-order valence-electron chi connectivity index (χ2n) is 7.33. The van der Waals surface area contributed by atoms with Crippen molar-refractivity contribution in [3.05, 3.63) is 53.0 Å². The maximum atomic E-state index is 14.2. The summed E-state index contributed by atoms with van der Waals surface area (Å²) in [5.41, 5.74) is 6.00. The van der Waals surface area contributed by atoms with Crippen molar-refractivity contribution in [3.8, 4) is 10.7 Å². The zero-order chi connectivity index (χ0) is 21.0. The molecule has 1 saturated carbocycles. The van der Waals surface area contributed by atoms with Crippen LogP contribution in [-0.2, 0) is 16.8 Å². The minimum absolute atomic E-state index is 0.122. The van der Waals surface area contributed by atoms with Crippen molar-refractivity contribution in [2.45, 2.75) is 31.2 Å². The van der Waals surface area contributed by atoms with Gasteiger partial charge in [0.2, 0.25) is 5.91 Å². The van der Waals surface area contributed by atoms with Crippen molar-refractivity contribution < 1.29 is 9.18 Å². The fourth-order valence-electron chi connectivity index (χ4n) is 3.49. The molecule has 1 aliphatic carbocycles. The van der Waals surface area contributed by atoms with Crippen LogP contribution >= 0.6 is 11.3 Å². The molecule has 3 aromatic rings. The summed E-state index contributed by atoms with van der Waals surface area (Å²) >= 11 is 1.47. The van der Waals surface area contributed by atoms with E-state index in [4.69, 9.17) is 5.73 Å². The number of hydrogen-bond donors (Lipinski definition) is 3. The summed E-state index contributed by atoms with van der Waals surface area (Å²) in [5.74, 6) is -0.0326. The lowest BCUT2D eigenvalue weighted by Crippen LogP contribution is -2.42. The van der Waals surface area contributed by atoms with Gasteiger partial charge >= 0.3 is 0 Å². The van der Waals surface area contributed by atoms with Crippen LogP contribution in [0.5, 0.6) is 0 Å². The van der Waals surface area contributed by atoms with Gasteiger partial charge in [-0.2, -0.15) is 0 Å². The number of aromatic nitrogens is 4. The third kappa shape index (κ3) is 4.44. The molecule has 1 fully saturated rings. The molecular formula is C20H22FN7OS. The average molecular weight is 428 g/mol. The molecule has 3 aromatic heterocycles. The number of anilines is 1. The second-order valence-corrected chi connectivity index (χ2v) is 8.44. The van der Waals surface area contributed by atoms with Crippen LogP contribution in [0.4, 0.5) is 10.2 Å². The van der Waals surface area contributed by atoms with Crippen LogP contribution in [-0.4, -0.2) is 39.2 Å². The normalized spacial score (nSPS) is 14.8. The molecule has 30 heavy (non-hydrogen) atoms. The number of thiazole rings is 1. The highest BCUT2D eigenvalue weighted by molar-refractivity contribution is 7.14. The first-order valence-electron chi connectivity index (χ1n) is 9.68. The predicted molar refractivity (Wildman–Crippen MR) is 112 cm³/mol. The van der Waals surface area contributed by atoms with E-state index in [2.05, 4.69) is 30.8 Å². The number of hydrogen-bond acceptors (Lipinski definition) is 8. The quantitative estimate of drug-likeness (QED) is 0.479. The number of carbonyl (C=O) groups is 1. The molecule has 0 spiro atoms. The molecule has 156 valence electrons. The Labute approximate surface area is 177 Å². The van der Waals surface area contributed by atoms with Crippen molar-refractivity contribution in [3.63, 3.8) is 0 Å². The Bertz CT molecular complexity index is 1020. The molecule has 0 bridgehead atoms. The van der Waals surface area contributed by atoms with Crippen molar-refractivity contribution in [1.29, 1.82) is 0 Å². The first kappa shape index (κ1) is 20.3. The zero-order valence-corrected chi connectivity index (χ0v) is 17.1. The third-order valence-electron chi connectivity index (χ3n) is 5.22. The molecule has 0 saturated heterocycles. The average Bonchev–Trinajstić information content (AvgIpc) is 3.17. The Morgan fingerprint density at radius 2 is 2.10 bits per heavy atom. The largest absolute Gasteiger partial charge is 0.369 e. The molecule has 0 aliphatic heterocycles. The van der Waals surface area contributed by atoms with E-state index in [0.717, 1.165) is 29.1 Å². The van der Waals surface area contributed by atoms with E-state index in [1.54, 1.807) is 18.5 Å². The minimum atomic E-state index is -0.400. The third-order valence-corrected chi connectivity index (χ3v) is 6.23. The number of pyridine rings is 1. The van der Waals surface area contributed by atoms with Crippen LogP contribution in [0.2, 0.25) is 0 Å². The van der Waals surface area contributed by atoms with E-state index < -0.39 is 5.91 Å². The lowest BCUT2D eigenvalue weighted by atomic mass is 9.66. The van der Waals surface area contributed by atoms with E-state index in [1.807, 2.05) is 12.1 Å². The molecule has 4 rings (SSSR count). The number of halogens is 1. The smallest absolute Gasteiger partial charge is 0.231 e. The van der Waals surface area contributed by atoms with Crippen molar-refractivity contribution >= 4 is 23.1 Å². The second kappa shape index (κ2) is 8.80. The first-order chi connectivity index (χ1) is 14.6. The first-order valence-corrected chi connectivity index (χ1v) is 10.5. The Morgan fingerprint density at radius 1 is 1.23 bits per heavy atom. The van der Waals surface area contributed by atoms with Gasteiger partial charge in [-0.25, -0.2) is 9.37 Å². The highest BCUT2D eigenvalue weighted by Crippen LogP contribution is 2.43. The van der Waals surface area contributed by atoms with Crippen LogP contribution in [0.3, 0.4) is 0 Å². The predicted octanol–water partition coefficient (Wildman–Crippen LogP) is 2.24. The summed E-state index contributed by atoms with van der Waals surface area (Å²) < 4.78 is 14.2. The summed E-state index contributed by atoms with van der Waals surface area (Å²) in [6.45, 7) is 1.19. The molecule has 1 amide bonds. The molecule has 3 heterocycles. The monoisotopic (exact) mass is 427 g/mol. The summed E-state index contributed by atoms with van der Waals surface area (Å²) in [4.78, 5) is 20.4. The lowest BCUT2D eigenvalue weighted by molar-refractivity contribution is -0.117. The van der Waals surface area contributed by atoms with Crippen LogP contribution in [0.15, 0.2) is 36.7 Å². The van der Waals surface area contributed by atoms with Gasteiger partial charge < -0.3 is 16.4 Å². The van der Waals surface area contributed by atoms with Crippen molar-refractivity contribution in [2.24, 2.45) is 5.73 Å². The van der Waals surface area contributed by atoms with Crippen molar-refractivity contribution in [1.82, 2.24) is 25.5 Å². The highest BCUT2D eigenvalue weighted by atomic mass is 32.1. The molecule has 10 heteroatoms. The van der Waals surface area contributed by atoms with Gasteiger partial charge in [-0.05, 0) is 37.1 Å². The van der Waals surface area contributed by atoms with E-state index in [-0.39, 0.29) is 17.8 Å². The van der Waals surface area contributed by atoms with Gasteiger partial charge in [0.05, 0.1) is 12.2 Å². The maximum absolute atomic E-state index is 14.2. The number of nitrogens with one attached hydrogen (secondary N) is 2. The van der Waals surface area contributed by atoms with E-state index in [1.165, 1.54) is 17.4 Å². The van der Waals surface area contributed by atoms with Crippen LogP contribution in [0.25, 0.3) is 10.7 Å². The van der Waals surface area contributed by atoms with Gasteiger partial charge in [0.25, 0.3) is 0 Å². The van der Waals surface area contributed by atoms with Crippen LogP contribution in [0.1, 0.15) is 29.8 Å². The molecule has 8 nitrogen and oxygen atoms in total. The maximum Gasteiger partial charge on any atom is 0.231 e. The van der Waals surface area contributed by atoms with Crippen LogP contribution < -0.4 is 16.4 Å². The topological polar surface area (TPSA) is 119 Å². The van der Waals surface area contributed by atoms with E-state index in [9.17, 15) is 9.18 Å². The molecule has 0 radical (unpaired) electrons. The summed E-state index contributed by atoms with van der Waals surface area (Å²) in [6.07, 6.45) is 6.22. The summed E-state index contributed by atoms with van der Waals surface area (Å²) in [7, 11) is 0.